The molecule has 0 spiro atoms. The molecule has 3 heterocycles. The quantitative estimate of drug-likeness (QED) is 0.715. The zero-order valence-corrected chi connectivity index (χ0v) is 15.9. The molecule has 3 aliphatic rings. The van der Waals surface area contributed by atoms with E-state index in [9.17, 15) is 23.9 Å². The van der Waals surface area contributed by atoms with Gasteiger partial charge in [0.1, 0.15) is 23.7 Å². The molecule has 0 bridgehead atoms. The van der Waals surface area contributed by atoms with Gasteiger partial charge in [0.15, 0.2) is 5.76 Å². The van der Waals surface area contributed by atoms with Crippen LogP contribution in [0.2, 0.25) is 0 Å². The number of fused-ring (bicyclic) bond motifs is 2. The van der Waals surface area contributed by atoms with Gasteiger partial charge in [0, 0.05) is 19.6 Å². The zero-order chi connectivity index (χ0) is 20.7. The number of amides is 2. The summed E-state index contributed by atoms with van der Waals surface area (Å²) in [6, 6.07) is 5.63. The average Bonchev–Trinajstić information content (AvgIpc) is 2.70. The Labute approximate surface area is 166 Å². The number of hydrogen-bond acceptors (Lipinski definition) is 6. The number of halogens is 1. The molecule has 2 amide bonds. The van der Waals surface area contributed by atoms with Crippen LogP contribution in [0.1, 0.15) is 12.5 Å². The van der Waals surface area contributed by atoms with Gasteiger partial charge in [0.05, 0.1) is 13.2 Å². The molecule has 0 aliphatic carbocycles. The lowest BCUT2D eigenvalue weighted by atomic mass is 9.93. The number of hydrogen-bond donors (Lipinski definition) is 2. The number of rotatable bonds is 3. The number of allylic oxidation sites excluding steroid dienone is 1. The highest BCUT2D eigenvalue weighted by Gasteiger charge is 2.48. The Morgan fingerprint density at radius 2 is 1.97 bits per heavy atom. The van der Waals surface area contributed by atoms with Gasteiger partial charge in [-0.05, 0) is 23.6 Å². The maximum absolute atomic E-state index is 13.0. The Bertz CT molecular complexity index is 885. The SMILES string of the molecule is C[C@H]1CO[C@@H]2CN3CC(C(=O)NCc4ccc(F)cc4)C(=O)C(O)=C3C(=O)N2C1. The van der Waals surface area contributed by atoms with Crippen molar-refractivity contribution in [2.24, 2.45) is 11.8 Å². The molecule has 0 radical (unpaired) electrons. The number of ketones is 1. The second kappa shape index (κ2) is 7.47. The van der Waals surface area contributed by atoms with Crippen LogP contribution in [0.4, 0.5) is 4.39 Å². The van der Waals surface area contributed by atoms with Gasteiger partial charge in [0.2, 0.25) is 11.7 Å². The number of Topliss-reactive ketones (excluding diaryl/α,β-unsaturated/α-hetero) is 1. The van der Waals surface area contributed by atoms with Crippen molar-refractivity contribution in [1.82, 2.24) is 15.1 Å². The van der Waals surface area contributed by atoms with Gasteiger partial charge in [0.25, 0.3) is 5.91 Å². The molecule has 154 valence electrons. The van der Waals surface area contributed by atoms with Crippen molar-refractivity contribution in [3.05, 3.63) is 47.1 Å². The summed E-state index contributed by atoms with van der Waals surface area (Å²) >= 11 is 0. The summed E-state index contributed by atoms with van der Waals surface area (Å²) < 4.78 is 18.7. The first-order valence-corrected chi connectivity index (χ1v) is 9.52. The molecule has 2 N–H and O–H groups in total. The molecule has 2 fully saturated rings. The molecule has 3 atom stereocenters. The molecule has 8 nitrogen and oxygen atoms in total. The zero-order valence-electron chi connectivity index (χ0n) is 15.9. The van der Waals surface area contributed by atoms with Crippen molar-refractivity contribution >= 4 is 17.6 Å². The molecular weight excluding hydrogens is 381 g/mol. The van der Waals surface area contributed by atoms with E-state index in [1.165, 1.54) is 29.2 Å². The number of nitrogens with zero attached hydrogens (tertiary/aromatic N) is 2. The van der Waals surface area contributed by atoms with E-state index < -0.39 is 35.5 Å². The third kappa shape index (κ3) is 3.57. The van der Waals surface area contributed by atoms with Crippen molar-refractivity contribution in [3.8, 4) is 0 Å². The highest BCUT2D eigenvalue weighted by molar-refractivity contribution is 6.13. The second-order valence-electron chi connectivity index (χ2n) is 7.71. The number of carbonyl (C=O) groups is 3. The van der Waals surface area contributed by atoms with E-state index in [-0.39, 0.29) is 37.1 Å². The Morgan fingerprint density at radius 3 is 2.69 bits per heavy atom. The van der Waals surface area contributed by atoms with Crippen molar-refractivity contribution in [1.29, 1.82) is 0 Å². The minimum Gasteiger partial charge on any atom is -0.503 e. The van der Waals surface area contributed by atoms with E-state index in [1.807, 2.05) is 6.92 Å². The third-order valence-corrected chi connectivity index (χ3v) is 5.46. The summed E-state index contributed by atoms with van der Waals surface area (Å²) in [7, 11) is 0. The fourth-order valence-corrected chi connectivity index (χ4v) is 3.91. The van der Waals surface area contributed by atoms with Crippen molar-refractivity contribution in [2.75, 3.05) is 26.2 Å². The van der Waals surface area contributed by atoms with Crippen LogP contribution >= 0.6 is 0 Å². The van der Waals surface area contributed by atoms with Gasteiger partial charge >= 0.3 is 0 Å². The van der Waals surface area contributed by atoms with Gasteiger partial charge in [-0.2, -0.15) is 0 Å². The lowest BCUT2D eigenvalue weighted by Crippen LogP contribution is -2.63. The molecule has 0 aromatic heterocycles. The summed E-state index contributed by atoms with van der Waals surface area (Å²) in [6.07, 6.45) is -0.466. The van der Waals surface area contributed by atoms with Crippen LogP contribution in [0.15, 0.2) is 35.7 Å². The minimum atomic E-state index is -1.14. The highest BCUT2D eigenvalue weighted by Crippen LogP contribution is 2.31. The molecule has 1 aromatic rings. The Kier molecular flexibility index (Phi) is 4.99. The molecule has 0 saturated carbocycles. The number of aliphatic hydroxyl groups is 1. The largest absolute Gasteiger partial charge is 0.503 e. The first-order valence-electron chi connectivity index (χ1n) is 9.52. The lowest BCUT2D eigenvalue weighted by Gasteiger charge is -2.48. The molecule has 3 aliphatic heterocycles. The summed E-state index contributed by atoms with van der Waals surface area (Å²) in [5.41, 5.74) is 0.614. The van der Waals surface area contributed by atoms with E-state index in [2.05, 4.69) is 5.32 Å². The standard InChI is InChI=1S/C20H22FN3O5/c1-11-7-24-15(29-10-11)9-23-8-14(17(25)18(26)16(23)20(24)28)19(27)22-6-12-2-4-13(21)5-3-12/h2-5,11,14-15,26H,6-10H2,1H3,(H,22,27)/t11-,14?,15-/m1/s1. The van der Waals surface area contributed by atoms with E-state index in [4.69, 9.17) is 4.74 Å². The van der Waals surface area contributed by atoms with E-state index in [0.717, 1.165) is 0 Å². The second-order valence-corrected chi connectivity index (χ2v) is 7.71. The smallest absolute Gasteiger partial charge is 0.276 e. The lowest BCUT2D eigenvalue weighted by molar-refractivity contribution is -0.173. The van der Waals surface area contributed by atoms with Gasteiger partial charge < -0.3 is 25.0 Å². The van der Waals surface area contributed by atoms with Gasteiger partial charge in [-0.15, -0.1) is 0 Å². The summed E-state index contributed by atoms with van der Waals surface area (Å²) in [5, 5.41) is 13.1. The molecule has 4 rings (SSSR count). The third-order valence-electron chi connectivity index (χ3n) is 5.46. The maximum atomic E-state index is 13.0. The van der Waals surface area contributed by atoms with Crippen molar-refractivity contribution in [2.45, 2.75) is 19.7 Å². The van der Waals surface area contributed by atoms with Crippen LogP contribution in [0.25, 0.3) is 0 Å². The Balaban J connectivity index is 1.49. The van der Waals surface area contributed by atoms with E-state index in [1.54, 1.807) is 4.90 Å². The number of ether oxygens (including phenoxy) is 1. The van der Waals surface area contributed by atoms with E-state index >= 15 is 0 Å². The van der Waals surface area contributed by atoms with Crippen LogP contribution in [-0.2, 0) is 25.7 Å². The van der Waals surface area contributed by atoms with Crippen molar-refractivity contribution < 1.29 is 28.6 Å². The van der Waals surface area contributed by atoms with Crippen LogP contribution in [0, 0.1) is 17.7 Å². The van der Waals surface area contributed by atoms with Gasteiger partial charge in [-0.25, -0.2) is 4.39 Å². The average molecular weight is 403 g/mol. The highest BCUT2D eigenvalue weighted by atomic mass is 19.1. The molecule has 9 heteroatoms. The fourth-order valence-electron chi connectivity index (χ4n) is 3.91. The van der Waals surface area contributed by atoms with Gasteiger partial charge in [-0.3, -0.25) is 14.4 Å². The normalized spacial score (nSPS) is 26.9. The summed E-state index contributed by atoms with van der Waals surface area (Å²) in [5.74, 6) is -3.82. The number of benzene rings is 1. The number of nitrogens with one attached hydrogen (secondary N) is 1. The Hall–Kier alpha value is -2.94. The first-order chi connectivity index (χ1) is 13.8. The summed E-state index contributed by atoms with van der Waals surface area (Å²) in [4.78, 5) is 41.1. The fraction of sp³-hybridized carbons (Fsp3) is 0.450. The molecule has 2 saturated heterocycles. The first kappa shape index (κ1) is 19.4. The topological polar surface area (TPSA) is 99.2 Å². The summed E-state index contributed by atoms with van der Waals surface area (Å²) in [6.45, 7) is 3.36. The maximum Gasteiger partial charge on any atom is 0.276 e. The monoisotopic (exact) mass is 403 g/mol. The van der Waals surface area contributed by atoms with Crippen molar-refractivity contribution in [3.63, 3.8) is 0 Å². The molecule has 1 aromatic carbocycles. The molecular formula is C20H22FN3O5. The molecule has 29 heavy (non-hydrogen) atoms. The number of piperazine rings is 1. The van der Waals surface area contributed by atoms with Crippen LogP contribution in [0.3, 0.4) is 0 Å². The van der Waals surface area contributed by atoms with Crippen LogP contribution < -0.4 is 5.32 Å². The molecule has 1 unspecified atom stereocenters. The predicted octanol–water partition coefficient (Wildman–Crippen LogP) is 0.547. The minimum absolute atomic E-state index is 0.0114. The van der Waals surface area contributed by atoms with Crippen LogP contribution in [-0.4, -0.2) is 65.0 Å². The van der Waals surface area contributed by atoms with Gasteiger partial charge in [-0.1, -0.05) is 19.1 Å². The Morgan fingerprint density at radius 1 is 1.24 bits per heavy atom. The van der Waals surface area contributed by atoms with E-state index in [0.29, 0.717) is 18.7 Å². The predicted molar refractivity (Wildman–Crippen MR) is 98.6 cm³/mol. The number of aliphatic hydroxyl groups excluding tert-OH is 1. The van der Waals surface area contributed by atoms with Crippen LogP contribution in [0.5, 0.6) is 0 Å². The number of carbonyl (C=O) groups excluding carboxylic acids is 3.